The lowest BCUT2D eigenvalue weighted by atomic mass is 10.1. The van der Waals surface area contributed by atoms with Crippen LogP contribution in [0.2, 0.25) is 0 Å². The highest BCUT2D eigenvalue weighted by Gasteiger charge is 2.06. The van der Waals surface area contributed by atoms with Crippen LogP contribution in [0.1, 0.15) is 25.3 Å². The van der Waals surface area contributed by atoms with Gasteiger partial charge in [0, 0.05) is 30.9 Å². The minimum atomic E-state index is 0.0427. The molecule has 0 aliphatic carbocycles. The SMILES string of the molecule is CCOCCN(C)CCCC(=O)Nc1ccc(N)cc1C. The van der Waals surface area contributed by atoms with Gasteiger partial charge in [0.1, 0.15) is 0 Å². The third kappa shape index (κ3) is 7.11. The first-order chi connectivity index (χ1) is 10.0. The van der Waals surface area contributed by atoms with Gasteiger partial charge in [-0.05, 0) is 57.6 Å². The number of ether oxygens (including phenoxy) is 1. The topological polar surface area (TPSA) is 67.6 Å². The second-order valence-electron chi connectivity index (χ2n) is 5.23. The van der Waals surface area contributed by atoms with Crippen LogP contribution in [0, 0.1) is 6.92 Å². The standard InChI is InChI=1S/C16H27N3O2/c1-4-21-11-10-19(3)9-5-6-16(20)18-15-8-7-14(17)12-13(15)2/h7-8,12H,4-6,9-11,17H2,1-3H3,(H,18,20). The lowest BCUT2D eigenvalue weighted by Crippen LogP contribution is -2.25. The van der Waals surface area contributed by atoms with Crippen molar-refractivity contribution in [2.24, 2.45) is 0 Å². The fraction of sp³-hybridized carbons (Fsp3) is 0.562. The van der Waals surface area contributed by atoms with Crippen molar-refractivity contribution in [2.45, 2.75) is 26.7 Å². The van der Waals surface area contributed by atoms with Gasteiger partial charge in [-0.15, -0.1) is 0 Å². The van der Waals surface area contributed by atoms with Crippen LogP contribution in [0.5, 0.6) is 0 Å². The lowest BCUT2D eigenvalue weighted by Gasteiger charge is -2.16. The largest absolute Gasteiger partial charge is 0.399 e. The maximum absolute atomic E-state index is 11.9. The van der Waals surface area contributed by atoms with E-state index >= 15 is 0 Å². The number of nitrogens with two attached hydrogens (primary N) is 1. The minimum Gasteiger partial charge on any atom is -0.399 e. The van der Waals surface area contributed by atoms with Crippen LogP contribution in [-0.2, 0) is 9.53 Å². The summed E-state index contributed by atoms with van der Waals surface area (Å²) >= 11 is 0. The number of rotatable bonds is 9. The molecule has 0 heterocycles. The Labute approximate surface area is 127 Å². The van der Waals surface area contributed by atoms with Crippen LogP contribution in [0.15, 0.2) is 18.2 Å². The zero-order valence-electron chi connectivity index (χ0n) is 13.3. The molecule has 0 atom stereocenters. The molecule has 1 amide bonds. The molecule has 0 fully saturated rings. The summed E-state index contributed by atoms with van der Waals surface area (Å²) in [6.45, 7) is 7.20. The monoisotopic (exact) mass is 293 g/mol. The van der Waals surface area contributed by atoms with E-state index < -0.39 is 0 Å². The second kappa shape index (κ2) is 9.37. The minimum absolute atomic E-state index is 0.0427. The summed E-state index contributed by atoms with van der Waals surface area (Å²) in [4.78, 5) is 14.1. The van der Waals surface area contributed by atoms with Gasteiger partial charge in [0.25, 0.3) is 0 Å². The Balaban J connectivity index is 2.25. The molecule has 118 valence electrons. The molecule has 0 saturated carbocycles. The van der Waals surface area contributed by atoms with Gasteiger partial charge < -0.3 is 20.7 Å². The Morgan fingerprint density at radius 3 is 2.81 bits per heavy atom. The normalized spacial score (nSPS) is 10.9. The Kier molecular flexibility index (Phi) is 7.79. The van der Waals surface area contributed by atoms with Crippen LogP contribution in [0.3, 0.4) is 0 Å². The zero-order valence-corrected chi connectivity index (χ0v) is 13.3. The summed E-state index contributed by atoms with van der Waals surface area (Å²) in [5.41, 5.74) is 8.22. The first kappa shape index (κ1) is 17.5. The molecule has 21 heavy (non-hydrogen) atoms. The molecule has 0 saturated heterocycles. The molecule has 0 aliphatic rings. The van der Waals surface area contributed by atoms with Crippen molar-refractivity contribution in [3.8, 4) is 0 Å². The van der Waals surface area contributed by atoms with Gasteiger partial charge in [0.05, 0.1) is 6.61 Å². The molecule has 0 spiro atoms. The third-order valence-electron chi connectivity index (χ3n) is 3.29. The molecule has 3 N–H and O–H groups in total. The van der Waals surface area contributed by atoms with Crippen molar-refractivity contribution >= 4 is 17.3 Å². The van der Waals surface area contributed by atoms with E-state index in [4.69, 9.17) is 10.5 Å². The fourth-order valence-corrected chi connectivity index (χ4v) is 2.03. The molecule has 5 heteroatoms. The van der Waals surface area contributed by atoms with Gasteiger partial charge >= 0.3 is 0 Å². The zero-order chi connectivity index (χ0) is 15.7. The Morgan fingerprint density at radius 1 is 1.38 bits per heavy atom. The first-order valence-corrected chi connectivity index (χ1v) is 7.45. The van der Waals surface area contributed by atoms with E-state index in [1.54, 1.807) is 6.07 Å². The molecule has 1 rings (SSSR count). The third-order valence-corrected chi connectivity index (χ3v) is 3.29. The van der Waals surface area contributed by atoms with Gasteiger partial charge in [-0.2, -0.15) is 0 Å². The number of carbonyl (C=O) groups is 1. The van der Waals surface area contributed by atoms with Gasteiger partial charge in [-0.3, -0.25) is 4.79 Å². The summed E-state index contributed by atoms with van der Waals surface area (Å²) in [7, 11) is 2.04. The van der Waals surface area contributed by atoms with Crippen LogP contribution in [-0.4, -0.2) is 44.2 Å². The van der Waals surface area contributed by atoms with E-state index in [-0.39, 0.29) is 5.91 Å². The highest BCUT2D eigenvalue weighted by Crippen LogP contribution is 2.17. The predicted molar refractivity (Wildman–Crippen MR) is 87.4 cm³/mol. The Morgan fingerprint density at radius 2 is 2.14 bits per heavy atom. The van der Waals surface area contributed by atoms with E-state index in [0.717, 1.165) is 44.0 Å². The fourth-order valence-electron chi connectivity index (χ4n) is 2.03. The molecular formula is C16H27N3O2. The number of nitrogen functional groups attached to an aromatic ring is 1. The molecule has 0 bridgehead atoms. The molecule has 0 unspecified atom stereocenters. The van der Waals surface area contributed by atoms with Crippen LogP contribution < -0.4 is 11.1 Å². The highest BCUT2D eigenvalue weighted by atomic mass is 16.5. The summed E-state index contributed by atoms with van der Waals surface area (Å²) in [6.07, 6.45) is 1.35. The maximum atomic E-state index is 11.9. The number of aryl methyl sites for hydroxylation is 1. The average molecular weight is 293 g/mol. The van der Waals surface area contributed by atoms with Crippen molar-refractivity contribution < 1.29 is 9.53 Å². The van der Waals surface area contributed by atoms with E-state index in [9.17, 15) is 4.79 Å². The summed E-state index contributed by atoms with van der Waals surface area (Å²) < 4.78 is 5.30. The molecule has 0 aromatic heterocycles. The molecule has 0 aliphatic heterocycles. The number of hydrogen-bond acceptors (Lipinski definition) is 4. The average Bonchev–Trinajstić information content (AvgIpc) is 2.42. The molecular weight excluding hydrogens is 266 g/mol. The first-order valence-electron chi connectivity index (χ1n) is 7.45. The summed E-state index contributed by atoms with van der Waals surface area (Å²) in [5, 5.41) is 2.93. The number of benzene rings is 1. The Bertz CT molecular complexity index is 449. The van der Waals surface area contributed by atoms with E-state index in [1.165, 1.54) is 0 Å². The molecule has 5 nitrogen and oxygen atoms in total. The van der Waals surface area contributed by atoms with E-state index in [0.29, 0.717) is 12.1 Å². The van der Waals surface area contributed by atoms with Gasteiger partial charge in [-0.1, -0.05) is 0 Å². The molecule has 1 aromatic carbocycles. The number of amides is 1. The maximum Gasteiger partial charge on any atom is 0.224 e. The number of hydrogen-bond donors (Lipinski definition) is 2. The number of nitrogens with one attached hydrogen (secondary N) is 1. The predicted octanol–water partition coefficient (Wildman–Crippen LogP) is 2.26. The van der Waals surface area contributed by atoms with E-state index in [1.807, 2.05) is 33.0 Å². The number of likely N-dealkylation sites (N-methyl/N-ethyl adjacent to an activating group) is 1. The molecule has 0 radical (unpaired) electrons. The lowest BCUT2D eigenvalue weighted by molar-refractivity contribution is -0.116. The number of carbonyl (C=O) groups excluding carboxylic acids is 1. The number of anilines is 2. The van der Waals surface area contributed by atoms with E-state index in [2.05, 4.69) is 10.2 Å². The summed E-state index contributed by atoms with van der Waals surface area (Å²) in [5.74, 6) is 0.0427. The van der Waals surface area contributed by atoms with Crippen LogP contribution in [0.25, 0.3) is 0 Å². The van der Waals surface area contributed by atoms with Gasteiger partial charge in [0.2, 0.25) is 5.91 Å². The molecule has 1 aromatic rings. The van der Waals surface area contributed by atoms with Crippen molar-refractivity contribution in [1.82, 2.24) is 4.90 Å². The van der Waals surface area contributed by atoms with Gasteiger partial charge in [0.15, 0.2) is 0 Å². The smallest absolute Gasteiger partial charge is 0.224 e. The van der Waals surface area contributed by atoms with Crippen LogP contribution in [0.4, 0.5) is 11.4 Å². The van der Waals surface area contributed by atoms with Crippen molar-refractivity contribution in [3.63, 3.8) is 0 Å². The van der Waals surface area contributed by atoms with Gasteiger partial charge in [-0.25, -0.2) is 0 Å². The number of nitrogens with zero attached hydrogens (tertiary/aromatic N) is 1. The van der Waals surface area contributed by atoms with Crippen molar-refractivity contribution in [2.75, 3.05) is 44.4 Å². The second-order valence-corrected chi connectivity index (χ2v) is 5.23. The Hall–Kier alpha value is -1.59. The quantitative estimate of drug-likeness (QED) is 0.541. The van der Waals surface area contributed by atoms with Crippen LogP contribution >= 0.6 is 0 Å². The highest BCUT2D eigenvalue weighted by molar-refractivity contribution is 5.91. The summed E-state index contributed by atoms with van der Waals surface area (Å²) in [6, 6.07) is 5.50. The van der Waals surface area contributed by atoms with Crippen molar-refractivity contribution in [3.05, 3.63) is 23.8 Å². The van der Waals surface area contributed by atoms with Crippen molar-refractivity contribution in [1.29, 1.82) is 0 Å².